The van der Waals surface area contributed by atoms with Crippen LogP contribution >= 0.6 is 0 Å². The van der Waals surface area contributed by atoms with Crippen LogP contribution in [0, 0.1) is 0 Å². The second-order valence-electron chi connectivity index (χ2n) is 6.17. The highest BCUT2D eigenvalue weighted by Gasteiger charge is 2.17. The number of hydrogen-bond acceptors (Lipinski definition) is 4. The Labute approximate surface area is 163 Å². The van der Waals surface area contributed by atoms with Crippen molar-refractivity contribution in [1.29, 1.82) is 0 Å². The molecule has 0 aliphatic rings. The first-order valence-corrected chi connectivity index (χ1v) is 8.89. The summed E-state index contributed by atoms with van der Waals surface area (Å²) >= 11 is 0. The molecule has 1 atom stereocenters. The number of hydrogen-bond donors (Lipinski definition) is 1. The Hall–Kier alpha value is -3.60. The molecule has 1 amide bonds. The lowest BCUT2D eigenvalue weighted by Crippen LogP contribution is -2.23. The number of nitrogens with one attached hydrogen (secondary N) is 1. The largest absolute Gasteiger partial charge is 0.496 e. The molecular weight excluding hydrogens is 354 g/mol. The molecule has 3 rings (SSSR count). The minimum absolute atomic E-state index is 0.0887. The van der Waals surface area contributed by atoms with Crippen LogP contribution in [0.1, 0.15) is 27.6 Å². The smallest absolute Gasteiger partial charge is 0.259 e. The molecule has 0 saturated heterocycles. The number of ether oxygens (including phenoxy) is 2. The van der Waals surface area contributed by atoms with E-state index in [1.807, 2.05) is 18.2 Å². The summed E-state index contributed by atoms with van der Waals surface area (Å²) in [6.45, 7) is 1.71. The summed E-state index contributed by atoms with van der Waals surface area (Å²) in [6.07, 6.45) is -0.614. The number of rotatable bonds is 7. The molecule has 3 aromatic rings. The monoisotopic (exact) mass is 375 g/mol. The van der Waals surface area contributed by atoms with Crippen LogP contribution < -0.4 is 14.8 Å². The van der Waals surface area contributed by atoms with E-state index < -0.39 is 6.10 Å². The summed E-state index contributed by atoms with van der Waals surface area (Å²) in [5.74, 6) is 0.702. The normalized spacial score (nSPS) is 11.4. The van der Waals surface area contributed by atoms with Gasteiger partial charge in [-0.3, -0.25) is 9.59 Å². The van der Waals surface area contributed by atoms with Crippen LogP contribution in [0.2, 0.25) is 0 Å². The summed E-state index contributed by atoms with van der Waals surface area (Å²) < 4.78 is 10.9. The molecule has 0 saturated carbocycles. The van der Waals surface area contributed by atoms with Gasteiger partial charge in [0, 0.05) is 11.3 Å². The summed E-state index contributed by atoms with van der Waals surface area (Å²) in [5.41, 5.74) is 1.67. The third kappa shape index (κ3) is 4.57. The average Bonchev–Trinajstić information content (AvgIpc) is 2.75. The first-order chi connectivity index (χ1) is 13.6. The minimum Gasteiger partial charge on any atom is -0.496 e. The molecule has 3 aromatic carbocycles. The van der Waals surface area contributed by atoms with Crippen molar-refractivity contribution in [2.45, 2.75) is 13.0 Å². The van der Waals surface area contributed by atoms with Crippen LogP contribution in [-0.4, -0.2) is 24.9 Å². The lowest BCUT2D eigenvalue weighted by atomic mass is 10.1. The topological polar surface area (TPSA) is 64.6 Å². The van der Waals surface area contributed by atoms with Crippen molar-refractivity contribution in [2.75, 3.05) is 12.4 Å². The van der Waals surface area contributed by atoms with Crippen LogP contribution in [0.4, 0.5) is 5.69 Å². The Morgan fingerprint density at radius 3 is 2.18 bits per heavy atom. The zero-order chi connectivity index (χ0) is 19.9. The van der Waals surface area contributed by atoms with E-state index in [4.69, 9.17) is 9.47 Å². The Balaban J connectivity index is 1.63. The molecule has 0 fully saturated rings. The van der Waals surface area contributed by atoms with Gasteiger partial charge in [-0.1, -0.05) is 42.5 Å². The first-order valence-electron chi connectivity index (χ1n) is 8.89. The van der Waals surface area contributed by atoms with Crippen molar-refractivity contribution in [3.05, 3.63) is 90.0 Å². The Morgan fingerprint density at radius 1 is 0.857 bits per heavy atom. The maximum Gasteiger partial charge on any atom is 0.259 e. The predicted octanol–water partition coefficient (Wildman–Crippen LogP) is 4.60. The van der Waals surface area contributed by atoms with Gasteiger partial charge in [0.1, 0.15) is 11.5 Å². The molecule has 0 aliphatic carbocycles. The molecule has 0 spiro atoms. The van der Waals surface area contributed by atoms with Crippen LogP contribution in [0.3, 0.4) is 0 Å². The number of carbonyl (C=O) groups excluding carboxylic acids is 2. The number of amides is 1. The summed E-state index contributed by atoms with van der Waals surface area (Å²) in [4.78, 5) is 24.8. The highest BCUT2D eigenvalue weighted by Crippen LogP contribution is 2.21. The van der Waals surface area contributed by atoms with Crippen molar-refractivity contribution < 1.29 is 19.1 Å². The van der Waals surface area contributed by atoms with Crippen molar-refractivity contribution in [3.63, 3.8) is 0 Å². The number of benzene rings is 3. The van der Waals surface area contributed by atoms with E-state index >= 15 is 0 Å². The lowest BCUT2D eigenvalue weighted by Gasteiger charge is -2.14. The second kappa shape index (κ2) is 8.86. The number of methoxy groups -OCH3 is 1. The number of ketones is 1. The molecule has 1 unspecified atom stereocenters. The fourth-order valence-electron chi connectivity index (χ4n) is 2.74. The van der Waals surface area contributed by atoms with E-state index in [9.17, 15) is 9.59 Å². The Bertz CT molecular complexity index is 952. The van der Waals surface area contributed by atoms with Gasteiger partial charge >= 0.3 is 0 Å². The molecule has 0 aromatic heterocycles. The van der Waals surface area contributed by atoms with Crippen molar-refractivity contribution >= 4 is 17.4 Å². The average molecular weight is 375 g/mol. The van der Waals surface area contributed by atoms with Gasteiger partial charge in [0.05, 0.1) is 12.7 Å². The van der Waals surface area contributed by atoms with Crippen molar-refractivity contribution in [3.8, 4) is 11.5 Å². The molecule has 0 bridgehead atoms. The van der Waals surface area contributed by atoms with E-state index in [2.05, 4.69) is 5.32 Å². The SMILES string of the molecule is COc1ccccc1C(=O)Nc1ccc(OC(C)C(=O)c2ccccc2)cc1. The first kappa shape index (κ1) is 19.2. The molecule has 28 heavy (non-hydrogen) atoms. The van der Waals surface area contributed by atoms with Gasteiger partial charge in [-0.25, -0.2) is 0 Å². The molecule has 142 valence electrons. The number of anilines is 1. The van der Waals surface area contributed by atoms with Crippen LogP contribution in [-0.2, 0) is 0 Å². The second-order valence-corrected chi connectivity index (χ2v) is 6.17. The fourth-order valence-corrected chi connectivity index (χ4v) is 2.74. The van der Waals surface area contributed by atoms with Gasteiger partial charge in [0.15, 0.2) is 6.10 Å². The van der Waals surface area contributed by atoms with Crippen LogP contribution in [0.15, 0.2) is 78.9 Å². The van der Waals surface area contributed by atoms with E-state index in [1.165, 1.54) is 7.11 Å². The van der Waals surface area contributed by atoms with Gasteiger partial charge in [-0.05, 0) is 43.3 Å². The van der Waals surface area contributed by atoms with Crippen LogP contribution in [0.5, 0.6) is 11.5 Å². The summed E-state index contributed by atoms with van der Waals surface area (Å²) in [6, 6.07) is 22.9. The highest BCUT2D eigenvalue weighted by molar-refractivity contribution is 6.06. The highest BCUT2D eigenvalue weighted by atomic mass is 16.5. The maximum atomic E-state index is 12.4. The Kier molecular flexibility index (Phi) is 6.07. The van der Waals surface area contributed by atoms with E-state index in [0.717, 1.165) is 0 Å². The third-order valence-electron chi connectivity index (χ3n) is 4.20. The summed E-state index contributed by atoms with van der Waals surface area (Å²) in [7, 11) is 1.52. The standard InChI is InChI=1S/C23H21NO4/c1-16(22(25)17-8-4-3-5-9-17)28-19-14-12-18(13-15-19)24-23(26)20-10-6-7-11-21(20)27-2/h3-16H,1-2H3,(H,24,26). The summed E-state index contributed by atoms with van der Waals surface area (Å²) in [5, 5.41) is 2.82. The molecule has 1 N–H and O–H groups in total. The van der Waals surface area contributed by atoms with Gasteiger partial charge in [-0.2, -0.15) is 0 Å². The molecule has 5 heteroatoms. The lowest BCUT2D eigenvalue weighted by molar-refractivity contribution is 0.0818. The molecular formula is C23H21NO4. The minimum atomic E-state index is -0.614. The molecule has 0 heterocycles. The fraction of sp³-hybridized carbons (Fsp3) is 0.130. The Morgan fingerprint density at radius 2 is 1.50 bits per heavy atom. The van der Waals surface area contributed by atoms with E-state index in [1.54, 1.807) is 67.6 Å². The quantitative estimate of drug-likeness (QED) is 0.613. The molecule has 0 aliphatic heterocycles. The van der Waals surface area contributed by atoms with Crippen molar-refractivity contribution in [1.82, 2.24) is 0 Å². The number of Topliss-reactive ketones (excluding diaryl/α,β-unsaturated/α-hetero) is 1. The zero-order valence-corrected chi connectivity index (χ0v) is 15.7. The van der Waals surface area contributed by atoms with Gasteiger partial charge < -0.3 is 14.8 Å². The predicted molar refractivity (Wildman–Crippen MR) is 108 cm³/mol. The van der Waals surface area contributed by atoms with Gasteiger partial charge in [0.25, 0.3) is 5.91 Å². The van der Waals surface area contributed by atoms with Crippen molar-refractivity contribution in [2.24, 2.45) is 0 Å². The molecule has 5 nitrogen and oxygen atoms in total. The zero-order valence-electron chi connectivity index (χ0n) is 15.7. The van der Waals surface area contributed by atoms with Crippen LogP contribution in [0.25, 0.3) is 0 Å². The third-order valence-corrected chi connectivity index (χ3v) is 4.20. The van der Waals surface area contributed by atoms with E-state index in [-0.39, 0.29) is 11.7 Å². The van der Waals surface area contributed by atoms with Gasteiger partial charge in [-0.15, -0.1) is 0 Å². The maximum absolute atomic E-state index is 12.4. The van der Waals surface area contributed by atoms with Gasteiger partial charge in [0.2, 0.25) is 5.78 Å². The molecule has 0 radical (unpaired) electrons. The van der Waals surface area contributed by atoms with E-state index in [0.29, 0.717) is 28.3 Å². The number of para-hydroxylation sites is 1. The number of carbonyl (C=O) groups is 2.